The predicted molar refractivity (Wildman–Crippen MR) is 171 cm³/mol. The number of nitrogens with one attached hydrogen (secondary N) is 2. The summed E-state index contributed by atoms with van der Waals surface area (Å²) < 4.78 is 14.6. The van der Waals surface area contributed by atoms with Crippen molar-refractivity contribution in [1.29, 1.82) is 5.41 Å². The summed E-state index contributed by atoms with van der Waals surface area (Å²) in [5.74, 6) is 6.99. The summed E-state index contributed by atoms with van der Waals surface area (Å²) in [4.78, 5) is 7.68. The van der Waals surface area contributed by atoms with Crippen LogP contribution in [0.2, 0.25) is 0 Å². The van der Waals surface area contributed by atoms with Gasteiger partial charge in [-0.1, -0.05) is 63.2 Å². The molecule has 2 N–H and O–H groups in total. The number of unbranched alkanes of at least 4 members (excludes halogenated alkanes) is 4. The Bertz CT molecular complexity index is 1060. The van der Waals surface area contributed by atoms with Gasteiger partial charge in [0.05, 0.1) is 12.4 Å². The Balaban J connectivity index is 2.84. The van der Waals surface area contributed by atoms with Gasteiger partial charge in [-0.25, -0.2) is 4.39 Å². The molecule has 0 radical (unpaired) electrons. The Kier molecular flexibility index (Phi) is 17.9. The van der Waals surface area contributed by atoms with Crippen molar-refractivity contribution >= 4 is 24.3 Å². The third kappa shape index (κ3) is 13.8. The number of nitrogens with zero attached hydrogens (tertiary/aromatic N) is 2. The van der Waals surface area contributed by atoms with Crippen LogP contribution < -0.4 is 5.32 Å². The van der Waals surface area contributed by atoms with Crippen LogP contribution in [0.1, 0.15) is 90.2 Å². The van der Waals surface area contributed by atoms with Crippen molar-refractivity contribution in [3.63, 3.8) is 0 Å². The van der Waals surface area contributed by atoms with Gasteiger partial charge in [-0.05, 0) is 95.5 Å². The molecule has 0 aliphatic rings. The van der Waals surface area contributed by atoms with Crippen molar-refractivity contribution in [2.24, 2.45) is 4.99 Å². The molecule has 0 heterocycles. The molecule has 0 amide bonds. The number of aliphatic imine (C=N–C) groups is 1. The molecule has 214 valence electrons. The van der Waals surface area contributed by atoms with Crippen LogP contribution >= 0.6 is 11.8 Å². The van der Waals surface area contributed by atoms with E-state index in [0.717, 1.165) is 61.1 Å². The molecule has 0 unspecified atom stereocenters. The first-order valence-electron chi connectivity index (χ1n) is 14.2. The fraction of sp³-hybridized carbons (Fsp3) is 0.515. The predicted octanol–water partition coefficient (Wildman–Crippen LogP) is 8.50. The van der Waals surface area contributed by atoms with Crippen molar-refractivity contribution in [3.05, 3.63) is 69.5 Å². The van der Waals surface area contributed by atoms with Crippen molar-refractivity contribution in [3.8, 4) is 11.8 Å². The summed E-state index contributed by atoms with van der Waals surface area (Å²) in [7, 11) is 1.84. The number of thioether (sulfide) groups is 1. The molecular weight excluding hydrogens is 503 g/mol. The highest BCUT2D eigenvalue weighted by molar-refractivity contribution is 8.03. The van der Waals surface area contributed by atoms with E-state index in [2.05, 4.69) is 54.2 Å². The lowest BCUT2D eigenvalue weighted by Gasteiger charge is -2.25. The van der Waals surface area contributed by atoms with E-state index in [9.17, 15) is 4.39 Å². The van der Waals surface area contributed by atoms with E-state index < -0.39 is 0 Å². The third-order valence-electron chi connectivity index (χ3n) is 6.54. The van der Waals surface area contributed by atoms with Crippen LogP contribution in [0.25, 0.3) is 0 Å². The Morgan fingerprint density at radius 2 is 1.95 bits per heavy atom. The maximum absolute atomic E-state index is 14.6. The SMILES string of the molecule is C=N/C(CC)=C(/CCCCc1ccc(C#CCNC)cc1F)SCN(CCCCCC)C(=N)/C=C(/C)C(=C)C. The molecule has 0 aliphatic carbocycles. The minimum atomic E-state index is -0.186. The van der Waals surface area contributed by atoms with Gasteiger partial charge in [-0.3, -0.25) is 10.4 Å². The zero-order chi connectivity index (χ0) is 29.0. The van der Waals surface area contributed by atoms with Gasteiger partial charge >= 0.3 is 0 Å². The van der Waals surface area contributed by atoms with Crippen LogP contribution in [0.3, 0.4) is 0 Å². The normalized spacial score (nSPS) is 11.9. The molecular formula is C33H49FN4S. The lowest BCUT2D eigenvalue weighted by Crippen LogP contribution is -2.30. The summed E-state index contributed by atoms with van der Waals surface area (Å²) >= 11 is 1.76. The van der Waals surface area contributed by atoms with E-state index in [1.54, 1.807) is 11.8 Å². The average Bonchev–Trinajstić information content (AvgIpc) is 2.91. The summed E-state index contributed by atoms with van der Waals surface area (Å²) in [5.41, 5.74) is 4.47. The largest absolute Gasteiger partial charge is 0.347 e. The first-order valence-corrected chi connectivity index (χ1v) is 15.2. The molecule has 1 rings (SSSR count). The van der Waals surface area contributed by atoms with Crippen LogP contribution in [0.15, 0.2) is 57.6 Å². The Hall–Kier alpha value is -2.62. The van der Waals surface area contributed by atoms with Gasteiger partial charge in [0.15, 0.2) is 0 Å². The molecule has 0 atom stereocenters. The number of rotatable bonds is 18. The number of allylic oxidation sites excluding steroid dienone is 4. The molecule has 0 aliphatic heterocycles. The van der Waals surface area contributed by atoms with Crippen molar-refractivity contribution in [2.75, 3.05) is 26.0 Å². The highest BCUT2D eigenvalue weighted by atomic mass is 32.2. The molecule has 39 heavy (non-hydrogen) atoms. The Labute approximate surface area is 241 Å². The van der Waals surface area contributed by atoms with Crippen LogP contribution in [0, 0.1) is 23.1 Å². The number of hydrogen-bond acceptors (Lipinski definition) is 4. The summed E-state index contributed by atoms with van der Waals surface area (Å²) in [6.45, 7) is 17.6. The Morgan fingerprint density at radius 1 is 1.18 bits per heavy atom. The van der Waals surface area contributed by atoms with Crippen LogP contribution in [0.4, 0.5) is 4.39 Å². The van der Waals surface area contributed by atoms with E-state index >= 15 is 0 Å². The van der Waals surface area contributed by atoms with E-state index in [1.165, 1.54) is 30.2 Å². The minimum absolute atomic E-state index is 0.186. The number of amidine groups is 1. The van der Waals surface area contributed by atoms with E-state index in [-0.39, 0.29) is 5.82 Å². The third-order valence-corrected chi connectivity index (χ3v) is 7.77. The van der Waals surface area contributed by atoms with Crippen molar-refractivity contribution in [1.82, 2.24) is 10.2 Å². The lowest BCUT2D eigenvalue weighted by atomic mass is 10.0. The fourth-order valence-electron chi connectivity index (χ4n) is 3.92. The Morgan fingerprint density at radius 3 is 2.56 bits per heavy atom. The van der Waals surface area contributed by atoms with Gasteiger partial charge in [0.1, 0.15) is 11.7 Å². The summed E-state index contributed by atoms with van der Waals surface area (Å²) in [6, 6.07) is 5.28. The quantitative estimate of drug-likeness (QED) is 0.0479. The number of benzene rings is 1. The summed E-state index contributed by atoms with van der Waals surface area (Å²) in [6.07, 6.45) is 10.8. The smallest absolute Gasteiger partial charge is 0.127 e. The molecule has 0 fully saturated rings. The monoisotopic (exact) mass is 552 g/mol. The van der Waals surface area contributed by atoms with Crippen LogP contribution in [0.5, 0.6) is 0 Å². The summed E-state index contributed by atoms with van der Waals surface area (Å²) in [5, 5.41) is 11.7. The topological polar surface area (TPSA) is 51.5 Å². The molecule has 0 saturated carbocycles. The molecule has 4 nitrogen and oxygen atoms in total. The first-order chi connectivity index (χ1) is 18.8. The second kappa shape index (κ2) is 20.3. The molecule has 0 aromatic heterocycles. The van der Waals surface area contributed by atoms with E-state index in [4.69, 9.17) is 5.41 Å². The van der Waals surface area contributed by atoms with E-state index in [1.807, 2.05) is 39.1 Å². The second-order valence-electron chi connectivity index (χ2n) is 9.82. The molecule has 6 heteroatoms. The van der Waals surface area contributed by atoms with Gasteiger partial charge < -0.3 is 10.2 Å². The standard InChI is InChI=1S/C33H49FN4S/c1-8-10-11-14-22-38(33(35)23-27(5)26(3)4)25-39-32(31(9-2)37-7)18-13-12-17-29-20-19-28(24-30(29)34)16-15-21-36-6/h19-20,23-24,35-36H,3,7-14,17-18,21-22,25H2,1-2,4-6H3/b27-23-,32-31-,35-33?. The first kappa shape index (κ1) is 34.4. The van der Waals surface area contributed by atoms with E-state index in [0.29, 0.717) is 30.2 Å². The molecule has 1 aromatic carbocycles. The maximum atomic E-state index is 14.6. The zero-order valence-corrected chi connectivity index (χ0v) is 25.7. The van der Waals surface area contributed by atoms with Crippen molar-refractivity contribution < 1.29 is 4.39 Å². The van der Waals surface area contributed by atoms with Gasteiger partial charge in [-0.2, -0.15) is 0 Å². The van der Waals surface area contributed by atoms with Gasteiger partial charge in [-0.15, -0.1) is 11.8 Å². The minimum Gasteiger partial charge on any atom is -0.347 e. The number of halogens is 1. The number of hydrogen-bond donors (Lipinski definition) is 2. The molecule has 0 spiro atoms. The van der Waals surface area contributed by atoms with Crippen molar-refractivity contribution in [2.45, 2.75) is 85.5 Å². The highest BCUT2D eigenvalue weighted by Gasteiger charge is 2.13. The lowest BCUT2D eigenvalue weighted by molar-refractivity contribution is 0.457. The second-order valence-corrected chi connectivity index (χ2v) is 10.9. The highest BCUT2D eigenvalue weighted by Crippen LogP contribution is 2.29. The fourth-order valence-corrected chi connectivity index (χ4v) is 5.16. The number of aryl methyl sites for hydroxylation is 1. The van der Waals surface area contributed by atoms with Gasteiger partial charge in [0.2, 0.25) is 0 Å². The van der Waals surface area contributed by atoms with Gasteiger partial charge in [0.25, 0.3) is 0 Å². The molecule has 1 aromatic rings. The maximum Gasteiger partial charge on any atom is 0.127 e. The molecule has 0 bridgehead atoms. The zero-order valence-electron chi connectivity index (χ0n) is 24.9. The van der Waals surface area contributed by atoms with Gasteiger partial charge in [0, 0.05) is 22.7 Å². The molecule has 0 saturated heterocycles. The van der Waals surface area contributed by atoms with Crippen LogP contribution in [-0.4, -0.2) is 43.5 Å². The average molecular weight is 553 g/mol. The van der Waals surface area contributed by atoms with Crippen LogP contribution in [-0.2, 0) is 6.42 Å².